The lowest BCUT2D eigenvalue weighted by atomic mass is 10.1. The maximum atomic E-state index is 12.4. The first kappa shape index (κ1) is 29.6. The van der Waals surface area contributed by atoms with E-state index in [0.29, 0.717) is 31.0 Å². The highest BCUT2D eigenvalue weighted by Gasteiger charge is 2.18. The number of sulfone groups is 1. The topological polar surface area (TPSA) is 146 Å². The molecule has 0 unspecified atom stereocenters. The first-order chi connectivity index (χ1) is 19.6. The second kappa shape index (κ2) is 13.3. The van der Waals surface area contributed by atoms with Crippen molar-refractivity contribution in [2.45, 2.75) is 13.0 Å². The van der Waals surface area contributed by atoms with Gasteiger partial charge in [0.15, 0.2) is 14.9 Å². The molecule has 13 heteroatoms. The molecule has 0 aliphatic heterocycles. The second-order valence-corrected chi connectivity index (χ2v) is 13.4. The first-order valence-corrected chi connectivity index (χ1v) is 16.3. The van der Waals surface area contributed by atoms with E-state index in [2.05, 4.69) is 15.0 Å². The molecule has 3 aromatic carbocycles. The lowest BCUT2D eigenvalue weighted by Gasteiger charge is -2.09. The van der Waals surface area contributed by atoms with Crippen molar-refractivity contribution >= 4 is 31.6 Å². The van der Waals surface area contributed by atoms with Crippen molar-refractivity contribution in [2.75, 3.05) is 29.2 Å². The number of rotatable bonds is 13. The normalized spacial score (nSPS) is 11.5. The van der Waals surface area contributed by atoms with Gasteiger partial charge in [-0.1, -0.05) is 30.3 Å². The SMILES string of the molecule is CS(=O)(=O)CS(=O)(=O)Nc1ccc(COc2ccc(-c3cn(C(=O)NCCCOc4ccccc4)cn3)cc2)cc1. The number of anilines is 1. The Labute approximate surface area is 239 Å². The summed E-state index contributed by atoms with van der Waals surface area (Å²) in [5, 5.41) is 1.85. The number of ether oxygens (including phenoxy) is 2. The number of imidazole rings is 1. The van der Waals surface area contributed by atoms with E-state index in [1.807, 2.05) is 42.5 Å². The van der Waals surface area contributed by atoms with Gasteiger partial charge in [-0.2, -0.15) is 0 Å². The van der Waals surface area contributed by atoms with Gasteiger partial charge in [0.25, 0.3) is 0 Å². The number of hydrogen-bond acceptors (Lipinski definition) is 8. The zero-order valence-electron chi connectivity index (χ0n) is 22.3. The van der Waals surface area contributed by atoms with Crippen molar-refractivity contribution in [3.8, 4) is 22.8 Å². The number of para-hydroxylation sites is 1. The van der Waals surface area contributed by atoms with Gasteiger partial charge in [0, 0.05) is 30.2 Å². The molecule has 0 aliphatic carbocycles. The van der Waals surface area contributed by atoms with Crippen LogP contribution in [0.4, 0.5) is 10.5 Å². The molecule has 0 radical (unpaired) electrons. The molecular formula is C28H30N4O7S2. The first-order valence-electron chi connectivity index (χ1n) is 12.6. The average Bonchev–Trinajstić information content (AvgIpc) is 3.42. The predicted molar refractivity (Wildman–Crippen MR) is 156 cm³/mol. The molecule has 11 nitrogen and oxygen atoms in total. The summed E-state index contributed by atoms with van der Waals surface area (Å²) < 4.78 is 61.5. The molecule has 0 atom stereocenters. The average molecular weight is 599 g/mol. The number of sulfonamides is 1. The van der Waals surface area contributed by atoms with Gasteiger partial charge >= 0.3 is 6.03 Å². The molecule has 0 fully saturated rings. The Kier molecular flexibility index (Phi) is 9.63. The van der Waals surface area contributed by atoms with Crippen LogP contribution in [0.25, 0.3) is 11.3 Å². The third-order valence-electron chi connectivity index (χ3n) is 5.58. The van der Waals surface area contributed by atoms with E-state index in [0.717, 1.165) is 23.1 Å². The number of carbonyl (C=O) groups excluding carboxylic acids is 1. The van der Waals surface area contributed by atoms with E-state index in [1.165, 1.54) is 23.0 Å². The monoisotopic (exact) mass is 598 g/mol. The summed E-state index contributed by atoms with van der Waals surface area (Å²) in [5.74, 6) is 1.41. The highest BCUT2D eigenvalue weighted by molar-refractivity contribution is 8.08. The molecule has 1 amide bonds. The van der Waals surface area contributed by atoms with Gasteiger partial charge in [-0.05, 0) is 60.5 Å². The fourth-order valence-corrected chi connectivity index (χ4v) is 6.68. The lowest BCUT2D eigenvalue weighted by molar-refractivity contribution is 0.240. The summed E-state index contributed by atoms with van der Waals surface area (Å²) in [6, 6.07) is 22.9. The molecular weight excluding hydrogens is 568 g/mol. The standard InChI is InChI=1S/C28H30N4O7S2/c1-40(34,35)21-41(36,37)31-24-12-8-22(9-13-24)19-39-26-14-10-23(11-15-26)27-18-32(20-30-27)28(33)29-16-5-17-38-25-6-3-2-4-7-25/h2-4,6-15,18,20,31H,5,16-17,19,21H2,1H3,(H,29,33). The number of benzene rings is 3. The molecule has 1 aromatic heterocycles. The van der Waals surface area contributed by atoms with Crippen LogP contribution >= 0.6 is 0 Å². The summed E-state index contributed by atoms with van der Waals surface area (Å²) in [5.41, 5.74) is 2.49. The van der Waals surface area contributed by atoms with Gasteiger partial charge in [0.2, 0.25) is 10.0 Å². The van der Waals surface area contributed by atoms with Crippen molar-refractivity contribution in [2.24, 2.45) is 0 Å². The van der Waals surface area contributed by atoms with E-state index < -0.39 is 24.9 Å². The Morgan fingerprint density at radius 2 is 1.56 bits per heavy atom. The zero-order valence-corrected chi connectivity index (χ0v) is 23.9. The molecule has 0 saturated heterocycles. The Balaban J connectivity index is 1.22. The fourth-order valence-electron chi connectivity index (χ4n) is 3.70. The van der Waals surface area contributed by atoms with Crippen LogP contribution in [0.5, 0.6) is 11.5 Å². The highest BCUT2D eigenvalue weighted by Crippen LogP contribution is 2.22. The molecule has 216 valence electrons. The van der Waals surface area contributed by atoms with E-state index in [1.54, 1.807) is 30.5 Å². The number of aromatic nitrogens is 2. The van der Waals surface area contributed by atoms with Crippen LogP contribution in [0.1, 0.15) is 12.0 Å². The number of carbonyl (C=O) groups is 1. The number of amides is 1. The third kappa shape index (κ3) is 9.65. The number of hydrogen-bond donors (Lipinski definition) is 2. The maximum Gasteiger partial charge on any atom is 0.326 e. The Morgan fingerprint density at radius 3 is 2.24 bits per heavy atom. The Hall–Kier alpha value is -4.36. The van der Waals surface area contributed by atoms with Gasteiger partial charge < -0.3 is 14.8 Å². The number of nitrogens with zero attached hydrogens (tertiary/aromatic N) is 2. The van der Waals surface area contributed by atoms with Crippen LogP contribution in [-0.4, -0.2) is 56.9 Å². The maximum absolute atomic E-state index is 12.4. The second-order valence-electron chi connectivity index (χ2n) is 9.18. The van der Waals surface area contributed by atoms with Crippen LogP contribution in [0.2, 0.25) is 0 Å². The van der Waals surface area contributed by atoms with Gasteiger partial charge in [-0.25, -0.2) is 26.6 Å². The highest BCUT2D eigenvalue weighted by atomic mass is 32.3. The van der Waals surface area contributed by atoms with Crippen LogP contribution in [-0.2, 0) is 26.5 Å². The van der Waals surface area contributed by atoms with Crippen LogP contribution in [0.15, 0.2) is 91.4 Å². The number of nitrogens with one attached hydrogen (secondary N) is 2. The Bertz CT molecular complexity index is 1650. The lowest BCUT2D eigenvalue weighted by Crippen LogP contribution is -2.29. The third-order valence-corrected chi connectivity index (χ3v) is 9.08. The van der Waals surface area contributed by atoms with E-state index >= 15 is 0 Å². The fraction of sp³-hybridized carbons (Fsp3) is 0.214. The van der Waals surface area contributed by atoms with E-state index in [4.69, 9.17) is 9.47 Å². The summed E-state index contributed by atoms with van der Waals surface area (Å²) in [4.78, 5) is 16.8. The largest absolute Gasteiger partial charge is 0.494 e. The van der Waals surface area contributed by atoms with Gasteiger partial charge in [-0.3, -0.25) is 9.29 Å². The van der Waals surface area contributed by atoms with E-state index in [9.17, 15) is 21.6 Å². The molecule has 0 saturated carbocycles. The van der Waals surface area contributed by atoms with Gasteiger partial charge in [0.1, 0.15) is 24.4 Å². The summed E-state index contributed by atoms with van der Waals surface area (Å²) >= 11 is 0. The van der Waals surface area contributed by atoms with Crippen molar-refractivity contribution in [3.05, 3.63) is 97.0 Å². The van der Waals surface area contributed by atoms with Crippen molar-refractivity contribution in [1.29, 1.82) is 0 Å². The summed E-state index contributed by atoms with van der Waals surface area (Å²) in [6.45, 7) is 1.20. The molecule has 1 heterocycles. The minimum atomic E-state index is -4.01. The molecule has 0 bridgehead atoms. The molecule has 4 aromatic rings. The van der Waals surface area contributed by atoms with Crippen molar-refractivity contribution in [1.82, 2.24) is 14.9 Å². The van der Waals surface area contributed by atoms with Crippen LogP contribution in [0.3, 0.4) is 0 Å². The molecule has 4 rings (SSSR count). The van der Waals surface area contributed by atoms with Crippen molar-refractivity contribution < 1.29 is 31.1 Å². The predicted octanol–water partition coefficient (Wildman–Crippen LogP) is 3.90. The summed E-state index contributed by atoms with van der Waals surface area (Å²) in [7, 11) is -7.69. The van der Waals surface area contributed by atoms with Gasteiger partial charge in [0.05, 0.1) is 12.3 Å². The molecule has 0 aliphatic rings. The van der Waals surface area contributed by atoms with E-state index in [-0.39, 0.29) is 18.3 Å². The minimum absolute atomic E-state index is 0.237. The molecule has 0 spiro atoms. The molecule has 2 N–H and O–H groups in total. The van der Waals surface area contributed by atoms with Gasteiger partial charge in [-0.15, -0.1) is 0 Å². The molecule has 41 heavy (non-hydrogen) atoms. The Morgan fingerprint density at radius 1 is 0.878 bits per heavy atom. The smallest absolute Gasteiger partial charge is 0.326 e. The quantitative estimate of drug-likeness (QED) is 0.221. The van der Waals surface area contributed by atoms with Crippen LogP contribution in [0, 0.1) is 0 Å². The van der Waals surface area contributed by atoms with Crippen LogP contribution < -0.4 is 19.5 Å². The zero-order chi connectivity index (χ0) is 29.3. The minimum Gasteiger partial charge on any atom is -0.494 e. The summed E-state index contributed by atoms with van der Waals surface area (Å²) in [6.07, 6.45) is 4.63. The van der Waals surface area contributed by atoms with Crippen molar-refractivity contribution in [3.63, 3.8) is 0 Å².